The second-order valence-corrected chi connectivity index (χ2v) is 7.95. The Hall–Kier alpha value is -0.960. The van der Waals surface area contributed by atoms with Gasteiger partial charge in [0.2, 0.25) is 5.91 Å². The van der Waals surface area contributed by atoms with E-state index in [1.54, 1.807) is 7.05 Å². The molecule has 1 aromatic rings. The summed E-state index contributed by atoms with van der Waals surface area (Å²) in [5.74, 6) is 1.89. The lowest BCUT2D eigenvalue weighted by molar-refractivity contribution is -0.119. The summed E-state index contributed by atoms with van der Waals surface area (Å²) in [4.78, 5) is 16.1. The fourth-order valence-corrected chi connectivity index (χ4v) is 3.93. The SMILES string of the molecule is CN=C(NCC(=O)NCCc1ccccc1)NCC1(C)CCCS1.I. The number of carbonyl (C=O) groups is 1. The van der Waals surface area contributed by atoms with E-state index in [0.29, 0.717) is 12.5 Å². The molecule has 1 saturated heterocycles. The molecule has 1 heterocycles. The van der Waals surface area contributed by atoms with Gasteiger partial charge in [-0.15, -0.1) is 24.0 Å². The summed E-state index contributed by atoms with van der Waals surface area (Å²) < 4.78 is 0.273. The molecule has 1 atom stereocenters. The van der Waals surface area contributed by atoms with Crippen LogP contribution < -0.4 is 16.0 Å². The van der Waals surface area contributed by atoms with Crippen LogP contribution in [-0.2, 0) is 11.2 Å². The zero-order valence-electron chi connectivity index (χ0n) is 15.0. The van der Waals surface area contributed by atoms with Crippen molar-refractivity contribution in [2.24, 2.45) is 4.99 Å². The maximum Gasteiger partial charge on any atom is 0.239 e. The molecule has 1 fully saturated rings. The van der Waals surface area contributed by atoms with Gasteiger partial charge in [-0.05, 0) is 37.5 Å². The molecule has 0 aromatic heterocycles. The summed E-state index contributed by atoms with van der Waals surface area (Å²) in [6.45, 7) is 4.03. The van der Waals surface area contributed by atoms with Gasteiger partial charge in [-0.25, -0.2) is 0 Å². The van der Waals surface area contributed by atoms with Crippen molar-refractivity contribution in [2.45, 2.75) is 30.9 Å². The average Bonchev–Trinajstić information content (AvgIpc) is 3.03. The molecule has 2 rings (SSSR count). The van der Waals surface area contributed by atoms with E-state index in [9.17, 15) is 4.79 Å². The molecule has 0 saturated carbocycles. The minimum Gasteiger partial charge on any atom is -0.355 e. The molecule has 1 aliphatic heterocycles. The molecule has 1 unspecified atom stereocenters. The van der Waals surface area contributed by atoms with E-state index < -0.39 is 0 Å². The Morgan fingerprint density at radius 1 is 1.24 bits per heavy atom. The first-order chi connectivity index (χ1) is 11.6. The standard InChI is InChI=1S/C18H28N4OS.HI/c1-18(10-6-12-24-18)14-22-17(19-2)21-13-16(23)20-11-9-15-7-4-3-5-8-15;/h3-5,7-8H,6,9-14H2,1-2H3,(H,20,23)(H2,19,21,22);1H. The Morgan fingerprint density at radius 3 is 2.64 bits per heavy atom. The van der Waals surface area contributed by atoms with Crippen molar-refractivity contribution in [1.82, 2.24) is 16.0 Å². The van der Waals surface area contributed by atoms with Gasteiger partial charge in [-0.3, -0.25) is 9.79 Å². The van der Waals surface area contributed by atoms with E-state index in [2.05, 4.69) is 40.0 Å². The van der Waals surface area contributed by atoms with Crippen LogP contribution in [0.4, 0.5) is 0 Å². The summed E-state index contributed by atoms with van der Waals surface area (Å²) in [6.07, 6.45) is 3.34. The number of nitrogens with one attached hydrogen (secondary N) is 3. The lowest BCUT2D eigenvalue weighted by atomic mass is 10.1. The normalized spacial score (nSPS) is 19.8. The molecule has 7 heteroatoms. The van der Waals surface area contributed by atoms with Gasteiger partial charge in [0.15, 0.2) is 5.96 Å². The first-order valence-corrected chi connectivity index (χ1v) is 9.49. The molecule has 1 aromatic carbocycles. The summed E-state index contributed by atoms with van der Waals surface area (Å²) in [6, 6.07) is 10.2. The summed E-state index contributed by atoms with van der Waals surface area (Å²) in [7, 11) is 1.73. The van der Waals surface area contributed by atoms with E-state index in [4.69, 9.17) is 0 Å². The van der Waals surface area contributed by atoms with Crippen LogP contribution in [0, 0.1) is 0 Å². The minimum absolute atomic E-state index is 0. The Kier molecular flexibility index (Phi) is 10.3. The van der Waals surface area contributed by atoms with Crippen molar-refractivity contribution < 1.29 is 4.79 Å². The molecule has 0 bridgehead atoms. The van der Waals surface area contributed by atoms with Crippen LogP contribution in [-0.4, -0.2) is 49.0 Å². The highest BCUT2D eigenvalue weighted by Gasteiger charge is 2.29. The van der Waals surface area contributed by atoms with Crippen molar-refractivity contribution in [2.75, 3.05) is 32.4 Å². The fourth-order valence-electron chi connectivity index (χ4n) is 2.69. The number of hydrogen-bond donors (Lipinski definition) is 3. The van der Waals surface area contributed by atoms with Crippen molar-refractivity contribution in [3.05, 3.63) is 35.9 Å². The van der Waals surface area contributed by atoms with E-state index in [-0.39, 0.29) is 41.2 Å². The van der Waals surface area contributed by atoms with Gasteiger partial charge in [-0.1, -0.05) is 30.3 Å². The summed E-state index contributed by atoms with van der Waals surface area (Å²) >= 11 is 2.01. The molecular formula is C18H29IN4OS. The van der Waals surface area contributed by atoms with Gasteiger partial charge in [0.1, 0.15) is 0 Å². The predicted molar refractivity (Wildman–Crippen MR) is 118 cm³/mol. The molecule has 0 radical (unpaired) electrons. The number of amides is 1. The van der Waals surface area contributed by atoms with Crippen LogP contribution in [0.25, 0.3) is 0 Å². The van der Waals surface area contributed by atoms with E-state index in [1.807, 2.05) is 30.0 Å². The maximum absolute atomic E-state index is 11.9. The summed E-state index contributed by atoms with van der Waals surface area (Å²) in [5.41, 5.74) is 1.23. The number of thioether (sulfide) groups is 1. The number of carbonyl (C=O) groups excluding carboxylic acids is 1. The molecule has 0 spiro atoms. The number of halogens is 1. The maximum atomic E-state index is 11.9. The second-order valence-electron chi connectivity index (χ2n) is 6.27. The Balaban J connectivity index is 0.00000312. The van der Waals surface area contributed by atoms with Gasteiger partial charge in [0.25, 0.3) is 0 Å². The first kappa shape index (κ1) is 22.1. The summed E-state index contributed by atoms with van der Waals surface area (Å²) in [5, 5.41) is 9.33. The number of guanidine groups is 1. The molecular weight excluding hydrogens is 447 g/mol. The lowest BCUT2D eigenvalue weighted by Gasteiger charge is -2.24. The van der Waals surface area contributed by atoms with Crippen LogP contribution in [0.2, 0.25) is 0 Å². The number of benzene rings is 1. The molecule has 140 valence electrons. The average molecular weight is 476 g/mol. The fraction of sp³-hybridized carbons (Fsp3) is 0.556. The van der Waals surface area contributed by atoms with E-state index in [0.717, 1.165) is 13.0 Å². The van der Waals surface area contributed by atoms with Crippen molar-refractivity contribution in [1.29, 1.82) is 0 Å². The van der Waals surface area contributed by atoms with Crippen molar-refractivity contribution in [3.8, 4) is 0 Å². The molecule has 25 heavy (non-hydrogen) atoms. The number of hydrogen-bond acceptors (Lipinski definition) is 3. The molecule has 5 nitrogen and oxygen atoms in total. The van der Waals surface area contributed by atoms with Gasteiger partial charge < -0.3 is 16.0 Å². The highest BCUT2D eigenvalue weighted by atomic mass is 127. The highest BCUT2D eigenvalue weighted by molar-refractivity contribution is 14.0. The van der Waals surface area contributed by atoms with Gasteiger partial charge in [0, 0.05) is 24.9 Å². The van der Waals surface area contributed by atoms with Crippen molar-refractivity contribution >= 4 is 47.6 Å². The van der Waals surface area contributed by atoms with Crippen LogP contribution in [0.5, 0.6) is 0 Å². The van der Waals surface area contributed by atoms with Crippen molar-refractivity contribution in [3.63, 3.8) is 0 Å². The third kappa shape index (κ3) is 8.31. The smallest absolute Gasteiger partial charge is 0.239 e. The van der Waals surface area contributed by atoms with Gasteiger partial charge >= 0.3 is 0 Å². The Bertz CT molecular complexity index is 547. The van der Waals surface area contributed by atoms with Crippen LogP contribution in [0.1, 0.15) is 25.3 Å². The molecule has 1 amide bonds. The Morgan fingerprint density at radius 2 is 2.00 bits per heavy atom. The largest absolute Gasteiger partial charge is 0.355 e. The monoisotopic (exact) mass is 476 g/mol. The topological polar surface area (TPSA) is 65.5 Å². The lowest BCUT2D eigenvalue weighted by Crippen LogP contribution is -2.46. The number of rotatable bonds is 7. The van der Waals surface area contributed by atoms with Crippen LogP contribution in [0.15, 0.2) is 35.3 Å². The molecule has 0 aliphatic carbocycles. The minimum atomic E-state index is -0.0182. The first-order valence-electron chi connectivity index (χ1n) is 8.50. The zero-order valence-corrected chi connectivity index (χ0v) is 18.2. The zero-order chi connectivity index (χ0) is 17.3. The third-order valence-electron chi connectivity index (χ3n) is 4.15. The molecule has 1 aliphatic rings. The van der Waals surface area contributed by atoms with Crippen LogP contribution in [0.3, 0.4) is 0 Å². The van der Waals surface area contributed by atoms with E-state index in [1.165, 1.54) is 24.2 Å². The highest BCUT2D eigenvalue weighted by Crippen LogP contribution is 2.36. The predicted octanol–water partition coefficient (Wildman–Crippen LogP) is 2.41. The second kappa shape index (κ2) is 11.6. The third-order valence-corrected chi connectivity index (χ3v) is 5.69. The number of nitrogens with zero attached hydrogens (tertiary/aromatic N) is 1. The van der Waals surface area contributed by atoms with Gasteiger partial charge in [-0.2, -0.15) is 11.8 Å². The van der Waals surface area contributed by atoms with Gasteiger partial charge in [0.05, 0.1) is 6.54 Å². The van der Waals surface area contributed by atoms with Crippen LogP contribution >= 0.6 is 35.7 Å². The molecule has 3 N–H and O–H groups in total. The van der Waals surface area contributed by atoms with E-state index >= 15 is 0 Å². The number of aliphatic imine (C=N–C) groups is 1. The Labute approximate surface area is 172 Å². The quantitative estimate of drug-likeness (QED) is 0.321.